The van der Waals surface area contributed by atoms with E-state index in [-0.39, 0.29) is 0 Å². The van der Waals surface area contributed by atoms with Crippen LogP contribution in [0.2, 0.25) is 0 Å². The number of likely N-dealkylation sites (tertiary alicyclic amines) is 1. The van der Waals surface area contributed by atoms with Crippen molar-refractivity contribution in [3.63, 3.8) is 0 Å². The lowest BCUT2D eigenvalue weighted by atomic mass is 9.77. The molecule has 0 aromatic heterocycles. The number of aryl methyl sites for hydroxylation is 1. The van der Waals surface area contributed by atoms with Crippen molar-refractivity contribution in [2.45, 2.75) is 57.5 Å². The second-order valence-corrected chi connectivity index (χ2v) is 7.09. The summed E-state index contributed by atoms with van der Waals surface area (Å²) in [6.07, 6.45) is 8.44. The summed E-state index contributed by atoms with van der Waals surface area (Å²) in [5, 5.41) is 11.5. The first-order chi connectivity index (χ1) is 10.2. The Labute approximate surface area is 129 Å². The predicted molar refractivity (Wildman–Crippen MR) is 87.3 cm³/mol. The average molecular weight is 287 g/mol. The molecule has 1 saturated heterocycles. The molecule has 1 aliphatic carbocycles. The Morgan fingerprint density at radius 1 is 1.05 bits per heavy atom. The van der Waals surface area contributed by atoms with Gasteiger partial charge in [-0.15, -0.1) is 0 Å². The van der Waals surface area contributed by atoms with Gasteiger partial charge in [0, 0.05) is 12.5 Å². The van der Waals surface area contributed by atoms with Crippen molar-refractivity contribution in [2.24, 2.45) is 5.92 Å². The van der Waals surface area contributed by atoms with Crippen molar-refractivity contribution in [1.82, 2.24) is 4.90 Å². The van der Waals surface area contributed by atoms with Crippen molar-refractivity contribution in [3.05, 3.63) is 35.4 Å². The highest BCUT2D eigenvalue weighted by atomic mass is 16.3. The minimum atomic E-state index is -0.618. The third-order valence-corrected chi connectivity index (χ3v) is 5.51. The molecule has 2 aliphatic rings. The number of nitrogens with zero attached hydrogens (tertiary/aromatic N) is 1. The Morgan fingerprint density at radius 3 is 2.48 bits per heavy atom. The van der Waals surface area contributed by atoms with E-state index in [4.69, 9.17) is 0 Å². The van der Waals surface area contributed by atoms with Crippen molar-refractivity contribution < 1.29 is 5.11 Å². The minimum Gasteiger partial charge on any atom is -0.385 e. The monoisotopic (exact) mass is 287 g/mol. The highest BCUT2D eigenvalue weighted by Crippen LogP contribution is 2.41. The van der Waals surface area contributed by atoms with Crippen molar-refractivity contribution in [1.29, 1.82) is 0 Å². The molecule has 1 aromatic rings. The molecule has 2 fully saturated rings. The number of rotatable bonds is 3. The van der Waals surface area contributed by atoms with Gasteiger partial charge in [-0.2, -0.15) is 0 Å². The van der Waals surface area contributed by atoms with Crippen LogP contribution in [0.25, 0.3) is 0 Å². The first-order valence-corrected chi connectivity index (χ1v) is 8.70. The smallest absolute Gasteiger partial charge is 0.0936 e. The fraction of sp³-hybridized carbons (Fsp3) is 0.684. The fourth-order valence-corrected chi connectivity index (χ4v) is 4.15. The van der Waals surface area contributed by atoms with Gasteiger partial charge in [0.2, 0.25) is 0 Å². The molecule has 1 N–H and O–H groups in total. The zero-order valence-corrected chi connectivity index (χ0v) is 13.4. The summed E-state index contributed by atoms with van der Waals surface area (Å²) in [5.41, 5.74) is 1.79. The van der Waals surface area contributed by atoms with Crippen LogP contribution in [0.4, 0.5) is 0 Å². The number of hydrogen-bond donors (Lipinski definition) is 1. The molecule has 116 valence electrons. The molecular formula is C19H29NO. The minimum absolute atomic E-state index is 0.390. The first-order valence-electron chi connectivity index (χ1n) is 8.70. The maximum atomic E-state index is 11.5. The van der Waals surface area contributed by atoms with E-state index in [9.17, 15) is 5.11 Å². The summed E-state index contributed by atoms with van der Waals surface area (Å²) in [5.74, 6) is 0.390. The van der Waals surface area contributed by atoms with Crippen LogP contribution in [0.3, 0.4) is 0 Å². The van der Waals surface area contributed by atoms with Crippen LogP contribution in [-0.2, 0) is 5.60 Å². The van der Waals surface area contributed by atoms with E-state index in [1.165, 1.54) is 50.8 Å². The molecule has 2 unspecified atom stereocenters. The molecule has 1 saturated carbocycles. The van der Waals surface area contributed by atoms with Crippen LogP contribution in [0, 0.1) is 12.8 Å². The van der Waals surface area contributed by atoms with Crippen molar-refractivity contribution >= 4 is 0 Å². The lowest BCUT2D eigenvalue weighted by Gasteiger charge is -2.38. The molecular weight excluding hydrogens is 258 g/mol. The molecule has 2 heteroatoms. The third kappa shape index (κ3) is 3.32. The molecule has 2 atom stereocenters. The second kappa shape index (κ2) is 6.50. The molecule has 3 rings (SSSR count). The van der Waals surface area contributed by atoms with Crippen LogP contribution in [0.1, 0.15) is 56.1 Å². The van der Waals surface area contributed by atoms with Gasteiger partial charge in [0.25, 0.3) is 0 Å². The SMILES string of the molecule is Cc1ccc(C2(O)CCCCCC2CN2CCCC2)cc1. The maximum absolute atomic E-state index is 11.5. The van der Waals surface area contributed by atoms with Gasteiger partial charge in [-0.1, -0.05) is 49.1 Å². The van der Waals surface area contributed by atoms with Crippen LogP contribution >= 0.6 is 0 Å². The summed E-state index contributed by atoms with van der Waals surface area (Å²) in [6.45, 7) is 5.63. The highest BCUT2D eigenvalue weighted by molar-refractivity contribution is 5.27. The lowest BCUT2D eigenvalue weighted by Crippen LogP contribution is -2.41. The Kier molecular flexibility index (Phi) is 4.66. The largest absolute Gasteiger partial charge is 0.385 e. The van der Waals surface area contributed by atoms with Gasteiger partial charge < -0.3 is 10.0 Å². The average Bonchev–Trinajstić information content (AvgIpc) is 2.92. The van der Waals surface area contributed by atoms with Gasteiger partial charge in [0.15, 0.2) is 0 Å². The van der Waals surface area contributed by atoms with E-state index in [1.807, 2.05) is 0 Å². The van der Waals surface area contributed by atoms with Gasteiger partial charge in [0.1, 0.15) is 0 Å². The zero-order chi connectivity index (χ0) is 14.7. The lowest BCUT2D eigenvalue weighted by molar-refractivity contribution is -0.0410. The fourth-order valence-electron chi connectivity index (χ4n) is 4.15. The van der Waals surface area contributed by atoms with E-state index in [0.717, 1.165) is 24.9 Å². The number of benzene rings is 1. The van der Waals surface area contributed by atoms with Gasteiger partial charge in [0.05, 0.1) is 5.60 Å². The van der Waals surface area contributed by atoms with E-state index >= 15 is 0 Å². The van der Waals surface area contributed by atoms with Crippen molar-refractivity contribution in [3.8, 4) is 0 Å². The van der Waals surface area contributed by atoms with Crippen LogP contribution in [0.15, 0.2) is 24.3 Å². The van der Waals surface area contributed by atoms with E-state index in [2.05, 4.69) is 36.1 Å². The summed E-state index contributed by atoms with van der Waals surface area (Å²) in [7, 11) is 0. The normalized spacial score (nSPS) is 31.2. The van der Waals surface area contributed by atoms with E-state index in [1.54, 1.807) is 0 Å². The summed E-state index contributed by atoms with van der Waals surface area (Å²) in [4.78, 5) is 2.56. The molecule has 1 aromatic carbocycles. The van der Waals surface area contributed by atoms with Gasteiger partial charge in [-0.25, -0.2) is 0 Å². The molecule has 0 spiro atoms. The van der Waals surface area contributed by atoms with Gasteiger partial charge >= 0.3 is 0 Å². The van der Waals surface area contributed by atoms with Crippen LogP contribution < -0.4 is 0 Å². The topological polar surface area (TPSA) is 23.5 Å². The summed E-state index contributed by atoms with van der Waals surface area (Å²) in [6, 6.07) is 8.59. The zero-order valence-electron chi connectivity index (χ0n) is 13.4. The maximum Gasteiger partial charge on any atom is 0.0936 e. The number of hydrogen-bond acceptors (Lipinski definition) is 2. The predicted octanol–water partition coefficient (Wildman–Crippen LogP) is 3.86. The third-order valence-electron chi connectivity index (χ3n) is 5.51. The molecule has 0 bridgehead atoms. The number of aliphatic hydroxyl groups is 1. The standard InChI is InChI=1S/C19H29NO/c1-16-8-10-17(11-9-16)19(21)12-4-2-3-7-18(19)15-20-13-5-6-14-20/h8-11,18,21H,2-7,12-15H2,1H3. The van der Waals surface area contributed by atoms with Gasteiger partial charge in [-0.3, -0.25) is 0 Å². The molecule has 21 heavy (non-hydrogen) atoms. The van der Waals surface area contributed by atoms with Crippen molar-refractivity contribution in [2.75, 3.05) is 19.6 Å². The Bertz CT molecular complexity index is 449. The Balaban J connectivity index is 1.83. The summed E-state index contributed by atoms with van der Waals surface area (Å²) < 4.78 is 0. The van der Waals surface area contributed by atoms with E-state index < -0.39 is 5.60 Å². The molecule has 1 heterocycles. The Morgan fingerprint density at radius 2 is 1.76 bits per heavy atom. The van der Waals surface area contributed by atoms with Crippen LogP contribution in [0.5, 0.6) is 0 Å². The molecule has 2 nitrogen and oxygen atoms in total. The summed E-state index contributed by atoms with van der Waals surface area (Å²) >= 11 is 0. The molecule has 1 aliphatic heterocycles. The Hall–Kier alpha value is -0.860. The van der Waals surface area contributed by atoms with Gasteiger partial charge in [-0.05, 0) is 51.3 Å². The highest BCUT2D eigenvalue weighted by Gasteiger charge is 2.40. The molecule has 0 amide bonds. The first kappa shape index (κ1) is 15.1. The molecule has 0 radical (unpaired) electrons. The second-order valence-electron chi connectivity index (χ2n) is 7.09. The van der Waals surface area contributed by atoms with E-state index in [0.29, 0.717) is 5.92 Å². The van der Waals surface area contributed by atoms with Crippen LogP contribution in [-0.4, -0.2) is 29.6 Å². The quantitative estimate of drug-likeness (QED) is 0.853.